The van der Waals surface area contributed by atoms with Crippen molar-refractivity contribution < 1.29 is 9.53 Å². The Labute approximate surface area is 130 Å². The van der Waals surface area contributed by atoms with E-state index in [4.69, 9.17) is 16.3 Å². The first-order valence-electron chi connectivity index (χ1n) is 7.54. The summed E-state index contributed by atoms with van der Waals surface area (Å²) in [6.45, 7) is 3.90. The molecule has 2 saturated heterocycles. The van der Waals surface area contributed by atoms with Gasteiger partial charge in [-0.15, -0.1) is 0 Å². The minimum Gasteiger partial charge on any atom is -0.484 e. The van der Waals surface area contributed by atoms with Crippen molar-refractivity contribution in [1.82, 2.24) is 10.2 Å². The fourth-order valence-electron chi connectivity index (χ4n) is 3.36. The zero-order valence-corrected chi connectivity index (χ0v) is 12.9. The van der Waals surface area contributed by atoms with Crippen LogP contribution < -0.4 is 10.1 Å². The van der Waals surface area contributed by atoms with Crippen molar-refractivity contribution in [2.75, 3.05) is 32.8 Å². The van der Waals surface area contributed by atoms with Crippen molar-refractivity contribution in [2.24, 2.45) is 5.41 Å². The molecule has 0 saturated carbocycles. The molecule has 0 bridgehead atoms. The SMILES string of the molecule is O=C(COc1cccc(Cl)c1)N1CCCC2(CCNC2)C1. The fourth-order valence-corrected chi connectivity index (χ4v) is 3.54. The molecule has 2 aliphatic rings. The molecular weight excluding hydrogens is 288 g/mol. The van der Waals surface area contributed by atoms with Crippen LogP contribution in [0.1, 0.15) is 19.3 Å². The Balaban J connectivity index is 1.55. The summed E-state index contributed by atoms with van der Waals surface area (Å²) in [6.07, 6.45) is 3.48. The van der Waals surface area contributed by atoms with Gasteiger partial charge in [-0.1, -0.05) is 17.7 Å². The molecule has 0 radical (unpaired) electrons. The Morgan fingerprint density at radius 3 is 3.10 bits per heavy atom. The van der Waals surface area contributed by atoms with E-state index < -0.39 is 0 Å². The minimum atomic E-state index is 0.0703. The van der Waals surface area contributed by atoms with Gasteiger partial charge in [0.1, 0.15) is 5.75 Å². The van der Waals surface area contributed by atoms with Gasteiger partial charge in [-0.2, -0.15) is 0 Å². The number of hydrogen-bond acceptors (Lipinski definition) is 3. The Kier molecular flexibility index (Phi) is 4.36. The molecule has 4 nitrogen and oxygen atoms in total. The molecule has 1 N–H and O–H groups in total. The first-order valence-corrected chi connectivity index (χ1v) is 7.92. The van der Waals surface area contributed by atoms with Crippen LogP contribution in [0.4, 0.5) is 0 Å². The summed E-state index contributed by atoms with van der Waals surface area (Å²) in [5.74, 6) is 0.714. The van der Waals surface area contributed by atoms with Gasteiger partial charge in [0, 0.05) is 30.1 Å². The lowest BCUT2D eigenvalue weighted by Gasteiger charge is -2.40. The van der Waals surface area contributed by atoms with E-state index in [-0.39, 0.29) is 12.5 Å². The van der Waals surface area contributed by atoms with E-state index in [1.54, 1.807) is 12.1 Å². The Morgan fingerprint density at radius 1 is 1.43 bits per heavy atom. The van der Waals surface area contributed by atoms with E-state index in [9.17, 15) is 4.79 Å². The summed E-state index contributed by atoms with van der Waals surface area (Å²) >= 11 is 5.91. The van der Waals surface area contributed by atoms with Crippen LogP contribution >= 0.6 is 11.6 Å². The average Bonchev–Trinajstić information content (AvgIpc) is 2.93. The zero-order valence-electron chi connectivity index (χ0n) is 12.1. The predicted octanol–water partition coefficient (Wildman–Crippen LogP) is 2.32. The average molecular weight is 309 g/mol. The normalized spacial score (nSPS) is 25.3. The third kappa shape index (κ3) is 3.50. The number of benzene rings is 1. The molecule has 1 aromatic carbocycles. The number of carbonyl (C=O) groups is 1. The maximum Gasteiger partial charge on any atom is 0.260 e. The van der Waals surface area contributed by atoms with Crippen LogP contribution in [0.5, 0.6) is 5.75 Å². The van der Waals surface area contributed by atoms with Crippen LogP contribution in [0.25, 0.3) is 0 Å². The van der Waals surface area contributed by atoms with Gasteiger partial charge in [0.2, 0.25) is 0 Å². The van der Waals surface area contributed by atoms with Crippen molar-refractivity contribution in [3.8, 4) is 5.75 Å². The van der Waals surface area contributed by atoms with E-state index in [0.29, 0.717) is 16.2 Å². The lowest BCUT2D eigenvalue weighted by Crippen LogP contribution is -2.48. The lowest BCUT2D eigenvalue weighted by molar-refractivity contribution is -0.136. The summed E-state index contributed by atoms with van der Waals surface area (Å²) in [7, 11) is 0. The molecule has 1 atom stereocenters. The number of rotatable bonds is 3. The molecule has 21 heavy (non-hydrogen) atoms. The Bertz CT molecular complexity index is 515. The molecule has 1 spiro atoms. The maximum atomic E-state index is 12.3. The largest absolute Gasteiger partial charge is 0.484 e. The fraction of sp³-hybridized carbons (Fsp3) is 0.562. The number of piperidine rings is 1. The van der Waals surface area contributed by atoms with Crippen LogP contribution in [0.2, 0.25) is 5.02 Å². The molecule has 5 heteroatoms. The summed E-state index contributed by atoms with van der Waals surface area (Å²) < 4.78 is 5.56. The third-order valence-corrected chi connectivity index (χ3v) is 4.74. The highest BCUT2D eigenvalue weighted by Gasteiger charge is 2.39. The molecule has 2 aliphatic heterocycles. The van der Waals surface area contributed by atoms with Gasteiger partial charge in [-0.05, 0) is 44.0 Å². The van der Waals surface area contributed by atoms with Gasteiger partial charge in [0.05, 0.1) is 0 Å². The van der Waals surface area contributed by atoms with Crippen molar-refractivity contribution in [1.29, 1.82) is 0 Å². The van der Waals surface area contributed by atoms with Gasteiger partial charge >= 0.3 is 0 Å². The maximum absolute atomic E-state index is 12.3. The van der Waals surface area contributed by atoms with E-state index in [1.807, 2.05) is 17.0 Å². The number of hydrogen-bond donors (Lipinski definition) is 1. The highest BCUT2D eigenvalue weighted by molar-refractivity contribution is 6.30. The molecule has 1 aromatic rings. The quantitative estimate of drug-likeness (QED) is 0.932. The number of halogens is 1. The van der Waals surface area contributed by atoms with Crippen LogP contribution in [0, 0.1) is 5.41 Å². The number of carbonyl (C=O) groups excluding carboxylic acids is 1. The topological polar surface area (TPSA) is 41.6 Å². The summed E-state index contributed by atoms with van der Waals surface area (Å²) in [6, 6.07) is 7.16. The van der Waals surface area contributed by atoms with Gasteiger partial charge in [0.15, 0.2) is 6.61 Å². The van der Waals surface area contributed by atoms with Crippen molar-refractivity contribution in [3.05, 3.63) is 29.3 Å². The van der Waals surface area contributed by atoms with Gasteiger partial charge in [0.25, 0.3) is 5.91 Å². The van der Waals surface area contributed by atoms with Crippen molar-refractivity contribution in [2.45, 2.75) is 19.3 Å². The Morgan fingerprint density at radius 2 is 2.33 bits per heavy atom. The molecule has 3 rings (SSSR count). The van der Waals surface area contributed by atoms with Gasteiger partial charge < -0.3 is 15.0 Å². The summed E-state index contributed by atoms with van der Waals surface area (Å²) in [5.41, 5.74) is 0.296. The molecule has 2 heterocycles. The highest BCUT2D eigenvalue weighted by atomic mass is 35.5. The second-order valence-corrected chi connectivity index (χ2v) is 6.53. The van der Waals surface area contributed by atoms with Gasteiger partial charge in [-0.3, -0.25) is 4.79 Å². The molecule has 0 aliphatic carbocycles. The molecule has 1 unspecified atom stereocenters. The van der Waals surface area contributed by atoms with E-state index in [2.05, 4.69) is 5.32 Å². The number of ether oxygens (including phenoxy) is 1. The highest BCUT2D eigenvalue weighted by Crippen LogP contribution is 2.35. The summed E-state index contributed by atoms with van der Waals surface area (Å²) in [4.78, 5) is 14.3. The zero-order chi connectivity index (χ0) is 14.7. The monoisotopic (exact) mass is 308 g/mol. The first-order chi connectivity index (χ1) is 10.2. The van der Waals surface area contributed by atoms with E-state index in [0.717, 1.165) is 32.6 Å². The first kappa shape index (κ1) is 14.7. The van der Waals surface area contributed by atoms with Crippen LogP contribution in [-0.2, 0) is 4.79 Å². The minimum absolute atomic E-state index is 0.0703. The number of nitrogens with zero attached hydrogens (tertiary/aromatic N) is 1. The van der Waals surface area contributed by atoms with Crippen molar-refractivity contribution >= 4 is 17.5 Å². The number of likely N-dealkylation sites (tertiary alicyclic amines) is 1. The summed E-state index contributed by atoms with van der Waals surface area (Å²) in [5, 5.41) is 4.04. The number of amides is 1. The van der Waals surface area contributed by atoms with E-state index >= 15 is 0 Å². The third-order valence-electron chi connectivity index (χ3n) is 4.50. The molecule has 2 fully saturated rings. The Hall–Kier alpha value is -1.26. The van der Waals surface area contributed by atoms with Crippen LogP contribution in [0.3, 0.4) is 0 Å². The molecule has 0 aromatic heterocycles. The lowest BCUT2D eigenvalue weighted by atomic mass is 9.79. The van der Waals surface area contributed by atoms with Gasteiger partial charge in [-0.25, -0.2) is 0 Å². The standard InChI is InChI=1S/C16H21ClN2O2/c17-13-3-1-4-14(9-13)21-10-15(20)19-8-2-5-16(12-19)6-7-18-11-16/h1,3-4,9,18H,2,5-8,10-12H2. The second kappa shape index (κ2) is 6.24. The molecular formula is C16H21ClN2O2. The van der Waals surface area contributed by atoms with Crippen LogP contribution in [-0.4, -0.2) is 43.6 Å². The van der Waals surface area contributed by atoms with E-state index in [1.165, 1.54) is 12.8 Å². The number of nitrogens with one attached hydrogen (secondary N) is 1. The van der Waals surface area contributed by atoms with Crippen LogP contribution in [0.15, 0.2) is 24.3 Å². The smallest absolute Gasteiger partial charge is 0.260 e. The molecule has 114 valence electrons. The van der Waals surface area contributed by atoms with Crippen molar-refractivity contribution in [3.63, 3.8) is 0 Å². The predicted molar refractivity (Wildman–Crippen MR) is 82.7 cm³/mol. The molecule has 1 amide bonds. The second-order valence-electron chi connectivity index (χ2n) is 6.09.